The van der Waals surface area contributed by atoms with Crippen molar-refractivity contribution in [3.8, 4) is 0 Å². The van der Waals surface area contributed by atoms with Gasteiger partial charge >= 0.3 is 0 Å². The number of nitrogens with two attached hydrogens (primary N) is 1. The van der Waals surface area contributed by atoms with Crippen LogP contribution in [-0.2, 0) is 6.42 Å². The van der Waals surface area contributed by atoms with Gasteiger partial charge in [0.1, 0.15) is 5.82 Å². The van der Waals surface area contributed by atoms with Crippen LogP contribution >= 0.6 is 15.9 Å². The van der Waals surface area contributed by atoms with Gasteiger partial charge in [-0.2, -0.15) is 4.98 Å². The van der Waals surface area contributed by atoms with Crippen molar-refractivity contribution in [2.45, 2.75) is 19.4 Å². The van der Waals surface area contributed by atoms with Crippen LogP contribution in [0.4, 0.5) is 4.39 Å². The van der Waals surface area contributed by atoms with Crippen molar-refractivity contribution in [3.63, 3.8) is 0 Å². The molecule has 2 rings (SSSR count). The maximum Gasteiger partial charge on any atom is 0.226 e. The van der Waals surface area contributed by atoms with E-state index in [9.17, 15) is 4.39 Å². The van der Waals surface area contributed by atoms with E-state index in [1.54, 1.807) is 12.1 Å². The highest BCUT2D eigenvalue weighted by atomic mass is 79.9. The molecule has 0 bridgehead atoms. The van der Waals surface area contributed by atoms with Crippen LogP contribution in [0.15, 0.2) is 27.2 Å². The fourth-order valence-corrected chi connectivity index (χ4v) is 1.81. The summed E-state index contributed by atoms with van der Waals surface area (Å²) >= 11 is 3.27. The summed E-state index contributed by atoms with van der Waals surface area (Å²) < 4.78 is 19.3. The van der Waals surface area contributed by atoms with E-state index in [-0.39, 0.29) is 5.82 Å². The minimum Gasteiger partial charge on any atom is -0.339 e. The number of hydrogen-bond acceptors (Lipinski definition) is 4. The minimum atomic E-state index is -0.725. The molecular weight excluding hydrogens is 289 g/mol. The molecule has 1 aromatic heterocycles. The van der Waals surface area contributed by atoms with Crippen molar-refractivity contribution in [1.82, 2.24) is 10.1 Å². The molecule has 0 aliphatic rings. The Kier molecular flexibility index (Phi) is 3.54. The second kappa shape index (κ2) is 4.93. The van der Waals surface area contributed by atoms with Crippen LogP contribution in [0.5, 0.6) is 0 Å². The fraction of sp³-hybridized carbons (Fsp3) is 0.273. The molecule has 0 saturated carbocycles. The Labute approximate surface area is 106 Å². The zero-order chi connectivity index (χ0) is 12.4. The lowest BCUT2D eigenvalue weighted by atomic mass is 10.1. The van der Waals surface area contributed by atoms with Gasteiger partial charge < -0.3 is 10.3 Å². The topological polar surface area (TPSA) is 64.9 Å². The summed E-state index contributed by atoms with van der Waals surface area (Å²) in [5, 5.41) is 3.74. The number of nitrogens with zero attached hydrogens (tertiary/aromatic N) is 2. The normalized spacial score (nSPS) is 12.7. The van der Waals surface area contributed by atoms with Gasteiger partial charge in [-0.05, 0) is 18.2 Å². The van der Waals surface area contributed by atoms with Gasteiger partial charge in [0, 0.05) is 16.5 Å². The highest BCUT2D eigenvalue weighted by Gasteiger charge is 2.19. The Morgan fingerprint density at radius 2 is 2.29 bits per heavy atom. The molecule has 1 aromatic carbocycles. The zero-order valence-corrected chi connectivity index (χ0v) is 10.7. The Balaban J connectivity index is 2.35. The third-order valence-corrected chi connectivity index (χ3v) is 2.85. The van der Waals surface area contributed by atoms with Crippen molar-refractivity contribution >= 4 is 15.9 Å². The molecule has 0 spiro atoms. The number of halogens is 2. The van der Waals surface area contributed by atoms with Crippen LogP contribution in [0.1, 0.15) is 30.2 Å². The van der Waals surface area contributed by atoms with Gasteiger partial charge in [0.15, 0.2) is 5.82 Å². The maximum absolute atomic E-state index is 13.6. The average molecular weight is 300 g/mol. The smallest absolute Gasteiger partial charge is 0.226 e. The van der Waals surface area contributed by atoms with E-state index in [0.29, 0.717) is 23.7 Å². The quantitative estimate of drug-likeness (QED) is 0.946. The number of rotatable bonds is 3. The molecule has 0 saturated heterocycles. The molecule has 0 amide bonds. The van der Waals surface area contributed by atoms with Crippen LogP contribution < -0.4 is 5.73 Å². The number of aromatic nitrogens is 2. The second-order valence-corrected chi connectivity index (χ2v) is 4.46. The largest absolute Gasteiger partial charge is 0.339 e. The van der Waals surface area contributed by atoms with Crippen LogP contribution in [0, 0.1) is 5.82 Å². The molecule has 1 unspecified atom stereocenters. The van der Waals surface area contributed by atoms with E-state index >= 15 is 0 Å². The lowest BCUT2D eigenvalue weighted by Gasteiger charge is -2.08. The van der Waals surface area contributed by atoms with Crippen molar-refractivity contribution < 1.29 is 8.91 Å². The molecule has 0 aliphatic carbocycles. The van der Waals surface area contributed by atoms with E-state index < -0.39 is 6.04 Å². The van der Waals surface area contributed by atoms with Crippen molar-refractivity contribution in [3.05, 3.63) is 45.8 Å². The molecule has 1 heterocycles. The summed E-state index contributed by atoms with van der Waals surface area (Å²) in [4.78, 5) is 4.09. The highest BCUT2D eigenvalue weighted by Crippen LogP contribution is 2.23. The van der Waals surface area contributed by atoms with Crippen LogP contribution in [0.2, 0.25) is 0 Å². The molecule has 2 N–H and O–H groups in total. The van der Waals surface area contributed by atoms with E-state index in [2.05, 4.69) is 26.1 Å². The number of hydrogen-bond donors (Lipinski definition) is 1. The molecule has 6 heteroatoms. The first-order valence-corrected chi connectivity index (χ1v) is 5.94. The van der Waals surface area contributed by atoms with Gasteiger partial charge in [0.2, 0.25) is 5.89 Å². The Morgan fingerprint density at radius 1 is 1.53 bits per heavy atom. The predicted molar refractivity (Wildman–Crippen MR) is 63.8 cm³/mol. The van der Waals surface area contributed by atoms with E-state index in [1.165, 1.54) is 6.07 Å². The molecule has 0 aliphatic heterocycles. The second-order valence-electron chi connectivity index (χ2n) is 3.54. The van der Waals surface area contributed by atoms with E-state index in [1.807, 2.05) is 6.92 Å². The monoisotopic (exact) mass is 299 g/mol. The summed E-state index contributed by atoms with van der Waals surface area (Å²) in [5.41, 5.74) is 6.24. The van der Waals surface area contributed by atoms with Gasteiger partial charge in [-0.25, -0.2) is 4.39 Å². The molecule has 4 nitrogen and oxygen atoms in total. The lowest BCUT2D eigenvalue weighted by Crippen LogP contribution is -2.15. The summed E-state index contributed by atoms with van der Waals surface area (Å²) in [6.07, 6.45) is 0.626. The Morgan fingerprint density at radius 3 is 2.94 bits per heavy atom. The number of benzene rings is 1. The van der Waals surface area contributed by atoms with Crippen LogP contribution in [-0.4, -0.2) is 10.1 Å². The maximum atomic E-state index is 13.6. The van der Waals surface area contributed by atoms with Crippen LogP contribution in [0.25, 0.3) is 0 Å². The molecule has 90 valence electrons. The lowest BCUT2D eigenvalue weighted by molar-refractivity contribution is 0.374. The molecule has 17 heavy (non-hydrogen) atoms. The first-order valence-electron chi connectivity index (χ1n) is 5.14. The highest BCUT2D eigenvalue weighted by molar-refractivity contribution is 9.10. The van der Waals surface area contributed by atoms with Gasteiger partial charge in [-0.15, -0.1) is 0 Å². The number of aryl methyl sites for hydroxylation is 1. The van der Waals surface area contributed by atoms with Gasteiger partial charge in [0.25, 0.3) is 0 Å². The summed E-state index contributed by atoms with van der Waals surface area (Å²) in [5.74, 6) is 0.397. The summed E-state index contributed by atoms with van der Waals surface area (Å²) in [7, 11) is 0. The van der Waals surface area contributed by atoms with Crippen molar-refractivity contribution in [1.29, 1.82) is 0 Å². The standard InChI is InChI=1S/C11H11BrFN3O/c1-2-9-15-11(16-17-9)10(14)7-5-6(12)3-4-8(7)13/h3-5,10H,2,14H2,1H3. The molecule has 0 radical (unpaired) electrons. The summed E-state index contributed by atoms with van der Waals surface area (Å²) in [6.45, 7) is 1.89. The molecule has 0 fully saturated rings. The van der Waals surface area contributed by atoms with Crippen molar-refractivity contribution in [2.75, 3.05) is 0 Å². The minimum absolute atomic E-state index is 0.291. The van der Waals surface area contributed by atoms with Gasteiger partial charge in [0.05, 0.1) is 6.04 Å². The zero-order valence-electron chi connectivity index (χ0n) is 9.15. The molecule has 1 atom stereocenters. The Hall–Kier alpha value is -1.27. The molecular formula is C11H11BrFN3O. The van der Waals surface area contributed by atoms with Crippen molar-refractivity contribution in [2.24, 2.45) is 5.73 Å². The summed E-state index contributed by atoms with van der Waals surface area (Å²) in [6, 6.07) is 3.85. The van der Waals surface area contributed by atoms with E-state index in [0.717, 1.165) is 4.47 Å². The van der Waals surface area contributed by atoms with Gasteiger partial charge in [-0.3, -0.25) is 0 Å². The third kappa shape index (κ3) is 2.53. The first-order chi connectivity index (χ1) is 8.11. The third-order valence-electron chi connectivity index (χ3n) is 2.36. The van der Waals surface area contributed by atoms with Gasteiger partial charge in [-0.1, -0.05) is 28.0 Å². The van der Waals surface area contributed by atoms with Crippen LogP contribution in [0.3, 0.4) is 0 Å². The van der Waals surface area contributed by atoms with E-state index in [4.69, 9.17) is 10.3 Å². The average Bonchev–Trinajstić information content (AvgIpc) is 2.80. The fourth-order valence-electron chi connectivity index (χ4n) is 1.43. The first kappa shape index (κ1) is 12.2. The SMILES string of the molecule is CCc1nc(C(N)c2cc(Br)ccc2F)no1. The predicted octanol–water partition coefficient (Wildman–Crippen LogP) is 2.58. The Bertz CT molecular complexity index is 529. The molecule has 2 aromatic rings.